The number of hydrogen-bond acceptors (Lipinski definition) is 4. The van der Waals surface area contributed by atoms with Crippen LogP contribution in [0.25, 0.3) is 0 Å². The molecule has 1 aromatic heterocycles. The van der Waals surface area contributed by atoms with Crippen LogP contribution in [0.3, 0.4) is 0 Å². The van der Waals surface area contributed by atoms with Gasteiger partial charge in [0.15, 0.2) is 0 Å². The molecule has 2 N–H and O–H groups in total. The van der Waals surface area contributed by atoms with Crippen molar-refractivity contribution in [2.75, 3.05) is 17.2 Å². The molecule has 2 rings (SSSR count). The SMILES string of the molecule is CCNc1nccc(Nc2c(C)cccc2F)n1. The van der Waals surface area contributed by atoms with Crippen molar-refractivity contribution in [2.45, 2.75) is 13.8 Å². The summed E-state index contributed by atoms with van der Waals surface area (Å²) < 4.78 is 13.7. The van der Waals surface area contributed by atoms with Gasteiger partial charge in [0.05, 0.1) is 5.69 Å². The van der Waals surface area contributed by atoms with Crippen molar-refractivity contribution in [3.8, 4) is 0 Å². The number of anilines is 3. The smallest absolute Gasteiger partial charge is 0.224 e. The third-order valence-electron chi connectivity index (χ3n) is 2.47. The summed E-state index contributed by atoms with van der Waals surface area (Å²) in [7, 11) is 0. The van der Waals surface area contributed by atoms with Gasteiger partial charge < -0.3 is 10.6 Å². The van der Waals surface area contributed by atoms with E-state index in [1.54, 1.807) is 18.3 Å². The van der Waals surface area contributed by atoms with Crippen molar-refractivity contribution in [2.24, 2.45) is 0 Å². The molecule has 0 aliphatic carbocycles. The number of rotatable bonds is 4. The molecule has 0 unspecified atom stereocenters. The van der Waals surface area contributed by atoms with Crippen molar-refractivity contribution in [1.29, 1.82) is 0 Å². The fourth-order valence-electron chi connectivity index (χ4n) is 1.59. The topological polar surface area (TPSA) is 49.8 Å². The van der Waals surface area contributed by atoms with E-state index < -0.39 is 0 Å². The van der Waals surface area contributed by atoms with Crippen LogP contribution in [0.15, 0.2) is 30.5 Å². The molecular weight excluding hydrogens is 231 g/mol. The van der Waals surface area contributed by atoms with Crippen molar-refractivity contribution < 1.29 is 4.39 Å². The van der Waals surface area contributed by atoms with E-state index >= 15 is 0 Å². The fourth-order valence-corrected chi connectivity index (χ4v) is 1.59. The monoisotopic (exact) mass is 246 g/mol. The third kappa shape index (κ3) is 2.74. The van der Waals surface area contributed by atoms with Gasteiger partial charge >= 0.3 is 0 Å². The Bertz CT molecular complexity index is 522. The van der Waals surface area contributed by atoms with Gasteiger partial charge in [-0.1, -0.05) is 12.1 Å². The number of nitrogens with one attached hydrogen (secondary N) is 2. The molecule has 1 heterocycles. The lowest BCUT2D eigenvalue weighted by atomic mass is 10.2. The van der Waals surface area contributed by atoms with E-state index in [0.717, 1.165) is 12.1 Å². The van der Waals surface area contributed by atoms with Crippen LogP contribution in [0.5, 0.6) is 0 Å². The van der Waals surface area contributed by atoms with E-state index in [0.29, 0.717) is 17.5 Å². The summed E-state index contributed by atoms with van der Waals surface area (Å²) in [5, 5.41) is 5.98. The Morgan fingerprint density at radius 3 is 2.83 bits per heavy atom. The van der Waals surface area contributed by atoms with Crippen LogP contribution < -0.4 is 10.6 Å². The molecule has 0 amide bonds. The van der Waals surface area contributed by atoms with Gasteiger partial charge in [0, 0.05) is 12.7 Å². The summed E-state index contributed by atoms with van der Waals surface area (Å²) in [5.74, 6) is 0.796. The molecule has 0 aliphatic heterocycles. The van der Waals surface area contributed by atoms with Gasteiger partial charge in [-0.15, -0.1) is 0 Å². The molecular formula is C13H15FN4. The summed E-state index contributed by atoms with van der Waals surface area (Å²) in [4.78, 5) is 8.30. The highest BCUT2D eigenvalue weighted by molar-refractivity contribution is 5.61. The number of benzene rings is 1. The normalized spacial score (nSPS) is 10.2. The zero-order valence-corrected chi connectivity index (χ0v) is 10.4. The first kappa shape index (κ1) is 12.3. The average molecular weight is 246 g/mol. The van der Waals surface area contributed by atoms with Crippen molar-refractivity contribution in [3.63, 3.8) is 0 Å². The minimum Gasteiger partial charge on any atom is -0.354 e. The van der Waals surface area contributed by atoms with Crippen LogP contribution in [-0.4, -0.2) is 16.5 Å². The molecule has 4 nitrogen and oxygen atoms in total. The lowest BCUT2D eigenvalue weighted by molar-refractivity contribution is 0.631. The Morgan fingerprint density at radius 2 is 2.11 bits per heavy atom. The van der Waals surface area contributed by atoms with Crippen LogP contribution in [0.2, 0.25) is 0 Å². The second-order valence-electron chi connectivity index (χ2n) is 3.85. The maximum Gasteiger partial charge on any atom is 0.224 e. The van der Waals surface area contributed by atoms with Crippen molar-refractivity contribution >= 4 is 17.5 Å². The van der Waals surface area contributed by atoms with E-state index in [2.05, 4.69) is 20.6 Å². The molecule has 2 aromatic rings. The van der Waals surface area contributed by atoms with Crippen molar-refractivity contribution in [3.05, 3.63) is 41.8 Å². The first-order chi connectivity index (χ1) is 8.70. The Morgan fingerprint density at radius 1 is 1.28 bits per heavy atom. The van der Waals surface area contributed by atoms with Crippen LogP contribution in [0.4, 0.5) is 21.8 Å². The van der Waals surface area contributed by atoms with Gasteiger partial charge in [0.25, 0.3) is 0 Å². The Kier molecular flexibility index (Phi) is 3.72. The first-order valence-electron chi connectivity index (χ1n) is 5.79. The van der Waals surface area contributed by atoms with Gasteiger partial charge in [-0.25, -0.2) is 9.37 Å². The maximum absolute atomic E-state index is 13.7. The maximum atomic E-state index is 13.7. The molecule has 18 heavy (non-hydrogen) atoms. The van der Waals surface area contributed by atoms with Gasteiger partial charge in [-0.2, -0.15) is 4.98 Å². The summed E-state index contributed by atoms with van der Waals surface area (Å²) in [6, 6.07) is 6.64. The molecule has 0 radical (unpaired) electrons. The minimum absolute atomic E-state index is 0.293. The standard InChI is InChI=1S/C13H15FN4/c1-3-15-13-16-8-7-11(18-13)17-12-9(2)5-4-6-10(12)14/h4-8H,3H2,1-2H3,(H2,15,16,17,18). The zero-order valence-electron chi connectivity index (χ0n) is 10.4. The lowest BCUT2D eigenvalue weighted by Gasteiger charge is -2.10. The number of halogens is 1. The largest absolute Gasteiger partial charge is 0.354 e. The van der Waals surface area contributed by atoms with E-state index in [1.165, 1.54) is 6.07 Å². The molecule has 0 bridgehead atoms. The second-order valence-corrected chi connectivity index (χ2v) is 3.85. The molecule has 5 heteroatoms. The van der Waals surface area contributed by atoms with Crippen LogP contribution >= 0.6 is 0 Å². The van der Waals surface area contributed by atoms with Gasteiger partial charge in [0.1, 0.15) is 11.6 Å². The molecule has 0 saturated carbocycles. The fraction of sp³-hybridized carbons (Fsp3) is 0.231. The number of nitrogens with zero attached hydrogens (tertiary/aromatic N) is 2. The Hall–Kier alpha value is -2.17. The molecule has 0 saturated heterocycles. The molecule has 94 valence electrons. The minimum atomic E-state index is -0.293. The highest BCUT2D eigenvalue weighted by Gasteiger charge is 2.06. The molecule has 0 spiro atoms. The van der Waals surface area contributed by atoms with Crippen LogP contribution in [0.1, 0.15) is 12.5 Å². The molecule has 0 aliphatic rings. The first-order valence-corrected chi connectivity index (χ1v) is 5.79. The molecule has 0 fully saturated rings. The summed E-state index contributed by atoms with van der Waals surface area (Å²) in [6.45, 7) is 4.55. The predicted octanol–water partition coefficient (Wildman–Crippen LogP) is 3.10. The van der Waals surface area contributed by atoms with Crippen molar-refractivity contribution in [1.82, 2.24) is 9.97 Å². The highest BCUT2D eigenvalue weighted by atomic mass is 19.1. The molecule has 0 atom stereocenters. The van der Waals surface area contributed by atoms with E-state index in [9.17, 15) is 4.39 Å². The van der Waals surface area contributed by atoms with Gasteiger partial charge in [-0.3, -0.25) is 0 Å². The van der Waals surface area contributed by atoms with Gasteiger partial charge in [-0.05, 0) is 31.5 Å². The average Bonchev–Trinajstić information content (AvgIpc) is 2.35. The number of para-hydroxylation sites is 1. The summed E-state index contributed by atoms with van der Waals surface area (Å²) >= 11 is 0. The van der Waals surface area contributed by atoms with Gasteiger partial charge in [0.2, 0.25) is 5.95 Å². The van der Waals surface area contributed by atoms with E-state index in [-0.39, 0.29) is 5.82 Å². The Labute approximate surface area is 105 Å². The molecule has 1 aromatic carbocycles. The number of aromatic nitrogens is 2. The third-order valence-corrected chi connectivity index (χ3v) is 2.47. The Balaban J connectivity index is 2.26. The predicted molar refractivity (Wildman–Crippen MR) is 70.6 cm³/mol. The summed E-state index contributed by atoms with van der Waals surface area (Å²) in [6.07, 6.45) is 1.63. The number of hydrogen-bond donors (Lipinski definition) is 2. The van der Waals surface area contributed by atoms with Crippen LogP contribution in [-0.2, 0) is 0 Å². The van der Waals surface area contributed by atoms with E-state index in [4.69, 9.17) is 0 Å². The number of aryl methyl sites for hydroxylation is 1. The zero-order chi connectivity index (χ0) is 13.0. The lowest BCUT2D eigenvalue weighted by Crippen LogP contribution is -2.04. The van der Waals surface area contributed by atoms with E-state index in [1.807, 2.05) is 19.9 Å². The second kappa shape index (κ2) is 5.44. The van der Waals surface area contributed by atoms with Crippen LogP contribution in [0, 0.1) is 12.7 Å². The highest BCUT2D eigenvalue weighted by Crippen LogP contribution is 2.22. The quantitative estimate of drug-likeness (QED) is 0.870. The summed E-state index contributed by atoms with van der Waals surface area (Å²) in [5.41, 5.74) is 1.28.